The first-order valence-electron chi connectivity index (χ1n) is 5.96. The predicted molar refractivity (Wildman–Crippen MR) is 72.7 cm³/mol. The summed E-state index contributed by atoms with van der Waals surface area (Å²) in [6.07, 6.45) is 1.33. The number of benzene rings is 1. The third-order valence-corrected chi connectivity index (χ3v) is 2.88. The van der Waals surface area contributed by atoms with Crippen LogP contribution in [-0.2, 0) is 13.1 Å². The van der Waals surface area contributed by atoms with Crippen molar-refractivity contribution in [2.45, 2.75) is 13.1 Å². The number of ether oxygens (including phenoxy) is 1. The molecule has 0 N–H and O–H groups in total. The van der Waals surface area contributed by atoms with E-state index in [-0.39, 0.29) is 18.6 Å². The Balaban J connectivity index is 2.37. The maximum atomic E-state index is 12.1. The molecule has 1 aromatic carbocycles. The third-order valence-electron chi connectivity index (χ3n) is 2.88. The molecule has 0 aliphatic carbocycles. The Morgan fingerprint density at radius 2 is 1.90 bits per heavy atom. The van der Waals surface area contributed by atoms with Gasteiger partial charge in [0, 0.05) is 12.3 Å². The molecule has 1 aromatic heterocycles. The van der Waals surface area contributed by atoms with Crippen LogP contribution in [0.2, 0.25) is 0 Å². The van der Waals surface area contributed by atoms with Crippen LogP contribution >= 0.6 is 0 Å². The molecule has 0 bridgehead atoms. The van der Waals surface area contributed by atoms with Gasteiger partial charge in [-0.2, -0.15) is 5.26 Å². The van der Waals surface area contributed by atoms with Crippen LogP contribution < -0.4 is 16.0 Å². The standard InChI is InChI=1S/C14H13N3O3/c1-20-12-4-2-11(3-5-12)10-17-13(18)6-8-16(9-7-15)14(17)19/h2-6,8H,9-10H2,1H3. The van der Waals surface area contributed by atoms with Gasteiger partial charge < -0.3 is 4.74 Å². The second-order valence-corrected chi connectivity index (χ2v) is 4.16. The predicted octanol–water partition coefficient (Wildman–Crippen LogP) is 0.590. The molecule has 0 atom stereocenters. The minimum atomic E-state index is -0.491. The number of hydrogen-bond donors (Lipinski definition) is 0. The molecule has 1 heterocycles. The zero-order valence-electron chi connectivity index (χ0n) is 10.9. The molecule has 0 spiro atoms. The van der Waals surface area contributed by atoms with Crippen molar-refractivity contribution >= 4 is 0 Å². The smallest absolute Gasteiger partial charge is 0.332 e. The summed E-state index contributed by atoms with van der Waals surface area (Å²) in [6, 6.07) is 10.3. The maximum Gasteiger partial charge on any atom is 0.332 e. The quantitative estimate of drug-likeness (QED) is 0.815. The summed E-state index contributed by atoms with van der Waals surface area (Å²) in [4.78, 5) is 23.8. The molecule has 2 aromatic rings. The van der Waals surface area contributed by atoms with Crippen molar-refractivity contribution in [2.75, 3.05) is 7.11 Å². The second-order valence-electron chi connectivity index (χ2n) is 4.16. The van der Waals surface area contributed by atoms with E-state index in [1.165, 1.54) is 16.8 Å². The average molecular weight is 271 g/mol. The van der Waals surface area contributed by atoms with Crippen LogP contribution in [0.3, 0.4) is 0 Å². The van der Waals surface area contributed by atoms with Gasteiger partial charge in [-0.3, -0.25) is 13.9 Å². The van der Waals surface area contributed by atoms with Crippen molar-refractivity contribution in [3.63, 3.8) is 0 Å². The summed E-state index contributed by atoms with van der Waals surface area (Å²) in [5.74, 6) is 0.705. The minimum Gasteiger partial charge on any atom is -0.497 e. The Hall–Kier alpha value is -2.81. The van der Waals surface area contributed by atoms with Gasteiger partial charge in [0.05, 0.1) is 19.7 Å². The molecule has 6 nitrogen and oxygen atoms in total. The second kappa shape index (κ2) is 5.89. The van der Waals surface area contributed by atoms with E-state index in [4.69, 9.17) is 10.00 Å². The van der Waals surface area contributed by atoms with Crippen LogP contribution in [0.4, 0.5) is 0 Å². The van der Waals surface area contributed by atoms with Crippen molar-refractivity contribution in [1.29, 1.82) is 5.26 Å². The Labute approximate surface area is 115 Å². The summed E-state index contributed by atoms with van der Waals surface area (Å²) >= 11 is 0. The van der Waals surface area contributed by atoms with Crippen LogP contribution in [0.1, 0.15) is 5.56 Å². The van der Waals surface area contributed by atoms with Gasteiger partial charge in [-0.25, -0.2) is 4.79 Å². The Kier molecular flexibility index (Phi) is 4.01. The molecule has 0 aliphatic rings. The van der Waals surface area contributed by atoms with Crippen LogP contribution in [0.25, 0.3) is 0 Å². The fourth-order valence-electron chi connectivity index (χ4n) is 1.81. The molecular weight excluding hydrogens is 258 g/mol. The maximum absolute atomic E-state index is 12.1. The monoisotopic (exact) mass is 271 g/mol. The highest BCUT2D eigenvalue weighted by Crippen LogP contribution is 2.11. The number of aromatic nitrogens is 2. The van der Waals surface area contributed by atoms with E-state index in [0.29, 0.717) is 5.75 Å². The summed E-state index contributed by atoms with van der Waals surface area (Å²) < 4.78 is 7.34. The Bertz CT molecular complexity index is 751. The summed E-state index contributed by atoms with van der Waals surface area (Å²) in [6.45, 7) is 0.0790. The zero-order valence-corrected chi connectivity index (χ0v) is 10.9. The van der Waals surface area contributed by atoms with Gasteiger partial charge in [0.1, 0.15) is 12.3 Å². The van der Waals surface area contributed by atoms with Crippen LogP contribution in [0.5, 0.6) is 5.75 Å². The highest BCUT2D eigenvalue weighted by molar-refractivity contribution is 5.27. The normalized spacial score (nSPS) is 10.0. The molecule has 0 unspecified atom stereocenters. The molecule has 6 heteroatoms. The van der Waals surface area contributed by atoms with Gasteiger partial charge in [0.2, 0.25) is 0 Å². The van der Waals surface area contributed by atoms with Crippen LogP contribution in [0, 0.1) is 11.3 Å². The summed E-state index contributed by atoms with van der Waals surface area (Å²) in [5.41, 5.74) is -0.0745. The van der Waals surface area contributed by atoms with Gasteiger partial charge in [0.15, 0.2) is 0 Å². The molecule has 102 valence electrons. The lowest BCUT2D eigenvalue weighted by atomic mass is 10.2. The molecule has 20 heavy (non-hydrogen) atoms. The van der Waals surface area contributed by atoms with Gasteiger partial charge in [-0.1, -0.05) is 12.1 Å². The third kappa shape index (κ3) is 2.78. The van der Waals surface area contributed by atoms with Crippen molar-refractivity contribution in [3.05, 3.63) is 62.9 Å². The van der Waals surface area contributed by atoms with Gasteiger partial charge in [-0.15, -0.1) is 0 Å². The summed E-state index contributed by atoms with van der Waals surface area (Å²) in [7, 11) is 1.57. The lowest BCUT2D eigenvalue weighted by molar-refractivity contribution is 0.414. The number of rotatable bonds is 4. The number of nitriles is 1. The molecule has 0 aliphatic heterocycles. The first-order chi connectivity index (χ1) is 9.65. The largest absolute Gasteiger partial charge is 0.497 e. The van der Waals surface area contributed by atoms with E-state index >= 15 is 0 Å². The first kappa shape index (κ1) is 13.6. The number of nitrogens with zero attached hydrogens (tertiary/aromatic N) is 3. The Morgan fingerprint density at radius 1 is 1.20 bits per heavy atom. The van der Waals surface area contributed by atoms with Crippen LogP contribution in [-0.4, -0.2) is 16.2 Å². The van der Waals surface area contributed by atoms with Crippen molar-refractivity contribution in [3.8, 4) is 11.8 Å². The SMILES string of the molecule is COc1ccc(Cn2c(=O)ccn(CC#N)c2=O)cc1. The van der Waals surface area contributed by atoms with E-state index in [0.717, 1.165) is 10.1 Å². The van der Waals surface area contributed by atoms with Gasteiger partial charge >= 0.3 is 5.69 Å². The molecule has 0 fully saturated rings. The van der Waals surface area contributed by atoms with Crippen LogP contribution in [0.15, 0.2) is 46.1 Å². The number of hydrogen-bond acceptors (Lipinski definition) is 4. The highest BCUT2D eigenvalue weighted by Gasteiger charge is 2.06. The van der Waals surface area contributed by atoms with E-state index in [1.54, 1.807) is 31.4 Å². The fourth-order valence-corrected chi connectivity index (χ4v) is 1.81. The topological polar surface area (TPSA) is 77.0 Å². The van der Waals surface area contributed by atoms with E-state index in [1.807, 2.05) is 6.07 Å². The highest BCUT2D eigenvalue weighted by atomic mass is 16.5. The lowest BCUT2D eigenvalue weighted by Gasteiger charge is -2.08. The lowest BCUT2D eigenvalue weighted by Crippen LogP contribution is -2.39. The molecular formula is C14H13N3O3. The zero-order chi connectivity index (χ0) is 14.5. The molecule has 0 amide bonds. The van der Waals surface area contributed by atoms with Crippen molar-refractivity contribution < 1.29 is 4.74 Å². The van der Waals surface area contributed by atoms with Crippen molar-refractivity contribution in [1.82, 2.24) is 9.13 Å². The molecule has 0 radical (unpaired) electrons. The van der Waals surface area contributed by atoms with Gasteiger partial charge in [0.25, 0.3) is 5.56 Å². The number of methoxy groups -OCH3 is 1. The fraction of sp³-hybridized carbons (Fsp3) is 0.214. The van der Waals surface area contributed by atoms with Gasteiger partial charge in [-0.05, 0) is 17.7 Å². The molecule has 0 saturated carbocycles. The van der Waals surface area contributed by atoms with E-state index in [2.05, 4.69) is 0 Å². The molecule has 2 rings (SSSR count). The molecule has 0 saturated heterocycles. The average Bonchev–Trinajstić information content (AvgIpc) is 2.47. The Morgan fingerprint density at radius 3 is 2.50 bits per heavy atom. The van der Waals surface area contributed by atoms with Crippen molar-refractivity contribution in [2.24, 2.45) is 0 Å². The minimum absolute atomic E-state index is 0.0816. The first-order valence-corrected chi connectivity index (χ1v) is 5.96. The summed E-state index contributed by atoms with van der Waals surface area (Å²) in [5, 5.41) is 8.64. The van der Waals surface area contributed by atoms with E-state index < -0.39 is 5.69 Å². The van der Waals surface area contributed by atoms with E-state index in [9.17, 15) is 9.59 Å².